The molecule has 0 saturated heterocycles. The molecule has 2 N–H and O–H groups in total. The molecule has 0 aliphatic heterocycles. The molecular formula is C19H21IN2O2. The van der Waals surface area contributed by atoms with Gasteiger partial charge in [0.25, 0.3) is 11.8 Å². The van der Waals surface area contributed by atoms with E-state index in [-0.39, 0.29) is 11.8 Å². The molecule has 0 radical (unpaired) electrons. The topological polar surface area (TPSA) is 58.2 Å². The Labute approximate surface area is 156 Å². The Balaban J connectivity index is 1.78. The summed E-state index contributed by atoms with van der Waals surface area (Å²) in [6, 6.07) is 15.0. The highest BCUT2D eigenvalue weighted by atomic mass is 127. The fourth-order valence-corrected chi connectivity index (χ4v) is 2.85. The Morgan fingerprint density at radius 3 is 2.08 bits per heavy atom. The van der Waals surface area contributed by atoms with E-state index in [0.29, 0.717) is 30.1 Å². The van der Waals surface area contributed by atoms with E-state index < -0.39 is 0 Å². The van der Waals surface area contributed by atoms with Crippen LogP contribution in [-0.4, -0.2) is 24.9 Å². The predicted octanol–water partition coefficient (Wildman–Crippen LogP) is 3.57. The van der Waals surface area contributed by atoms with Crippen LogP contribution in [0, 0.1) is 3.57 Å². The van der Waals surface area contributed by atoms with Gasteiger partial charge in [0, 0.05) is 22.2 Å². The monoisotopic (exact) mass is 436 g/mol. The van der Waals surface area contributed by atoms with E-state index in [0.717, 1.165) is 3.57 Å². The highest BCUT2D eigenvalue weighted by Gasteiger charge is 2.09. The van der Waals surface area contributed by atoms with E-state index in [9.17, 15) is 9.59 Å². The number of carbonyl (C=O) groups is 2. The standard InChI is InChI=1S/C19H21IN2O2/c1-13(2)14-7-9-15(10-8-14)18(23)21-11-12-22-19(24)16-5-3-4-6-17(16)20/h3-10,13H,11-12H2,1-2H3,(H,21,23)(H,22,24). The minimum absolute atomic E-state index is 0.129. The molecule has 2 amide bonds. The molecular weight excluding hydrogens is 415 g/mol. The van der Waals surface area contributed by atoms with Gasteiger partial charge in [-0.1, -0.05) is 38.1 Å². The second kappa shape index (κ2) is 8.82. The molecule has 0 fully saturated rings. The van der Waals surface area contributed by atoms with E-state index in [1.54, 1.807) is 6.07 Å². The molecule has 0 aromatic heterocycles. The third kappa shape index (κ3) is 5.06. The van der Waals surface area contributed by atoms with Gasteiger partial charge in [-0.15, -0.1) is 0 Å². The number of rotatable bonds is 6. The second-order valence-electron chi connectivity index (χ2n) is 5.77. The molecule has 0 spiro atoms. The molecule has 2 rings (SSSR count). The lowest BCUT2D eigenvalue weighted by molar-refractivity contribution is 0.0927. The van der Waals surface area contributed by atoms with Crippen molar-refractivity contribution in [2.24, 2.45) is 0 Å². The van der Waals surface area contributed by atoms with Gasteiger partial charge in [0.1, 0.15) is 0 Å². The SMILES string of the molecule is CC(C)c1ccc(C(=O)NCCNC(=O)c2ccccc2I)cc1. The van der Waals surface area contributed by atoms with Crippen LogP contribution in [-0.2, 0) is 0 Å². The number of amides is 2. The van der Waals surface area contributed by atoms with Crippen molar-refractivity contribution < 1.29 is 9.59 Å². The molecule has 2 aromatic carbocycles. The van der Waals surface area contributed by atoms with Crippen molar-refractivity contribution >= 4 is 34.4 Å². The van der Waals surface area contributed by atoms with Gasteiger partial charge in [-0.25, -0.2) is 0 Å². The highest BCUT2D eigenvalue weighted by molar-refractivity contribution is 14.1. The Hall–Kier alpha value is -1.89. The maximum atomic E-state index is 12.1. The van der Waals surface area contributed by atoms with E-state index in [1.807, 2.05) is 42.5 Å². The van der Waals surface area contributed by atoms with Gasteiger partial charge in [-0.2, -0.15) is 0 Å². The molecule has 0 atom stereocenters. The van der Waals surface area contributed by atoms with Crippen molar-refractivity contribution in [2.75, 3.05) is 13.1 Å². The first-order chi connectivity index (χ1) is 11.5. The van der Waals surface area contributed by atoms with Crippen LogP contribution in [0.1, 0.15) is 46.0 Å². The van der Waals surface area contributed by atoms with Crippen LogP contribution in [0.25, 0.3) is 0 Å². The number of hydrogen-bond donors (Lipinski definition) is 2. The third-order valence-corrected chi connectivity index (χ3v) is 4.59. The molecule has 4 nitrogen and oxygen atoms in total. The maximum Gasteiger partial charge on any atom is 0.252 e. The Morgan fingerprint density at radius 2 is 1.50 bits per heavy atom. The van der Waals surface area contributed by atoms with Crippen LogP contribution in [0.3, 0.4) is 0 Å². The van der Waals surface area contributed by atoms with Gasteiger partial charge in [-0.3, -0.25) is 9.59 Å². The summed E-state index contributed by atoms with van der Waals surface area (Å²) < 4.78 is 0.905. The molecule has 126 valence electrons. The van der Waals surface area contributed by atoms with Gasteiger partial charge < -0.3 is 10.6 Å². The lowest BCUT2D eigenvalue weighted by atomic mass is 10.0. The molecule has 0 aliphatic rings. The minimum Gasteiger partial charge on any atom is -0.350 e. The number of benzene rings is 2. The maximum absolute atomic E-state index is 12.1. The summed E-state index contributed by atoms with van der Waals surface area (Å²) >= 11 is 2.13. The summed E-state index contributed by atoms with van der Waals surface area (Å²) in [4.78, 5) is 24.1. The number of nitrogens with one attached hydrogen (secondary N) is 2. The van der Waals surface area contributed by atoms with Crippen molar-refractivity contribution in [1.29, 1.82) is 0 Å². The highest BCUT2D eigenvalue weighted by Crippen LogP contribution is 2.14. The largest absolute Gasteiger partial charge is 0.350 e. The molecule has 5 heteroatoms. The Bertz CT molecular complexity index is 712. The zero-order chi connectivity index (χ0) is 17.5. The average Bonchev–Trinajstić information content (AvgIpc) is 2.58. The van der Waals surface area contributed by atoms with Crippen LogP contribution < -0.4 is 10.6 Å². The first kappa shape index (κ1) is 18.4. The number of hydrogen-bond acceptors (Lipinski definition) is 2. The zero-order valence-electron chi connectivity index (χ0n) is 13.8. The summed E-state index contributed by atoms with van der Waals surface area (Å²) in [5.74, 6) is 0.183. The van der Waals surface area contributed by atoms with Crippen molar-refractivity contribution in [2.45, 2.75) is 19.8 Å². The normalized spacial score (nSPS) is 10.5. The van der Waals surface area contributed by atoms with E-state index in [4.69, 9.17) is 0 Å². The summed E-state index contributed by atoms with van der Waals surface area (Å²) in [6.45, 7) is 5.01. The number of halogens is 1. The minimum atomic E-state index is -0.131. The van der Waals surface area contributed by atoms with Crippen molar-refractivity contribution in [1.82, 2.24) is 10.6 Å². The molecule has 0 heterocycles. The predicted molar refractivity (Wildman–Crippen MR) is 104 cm³/mol. The molecule has 2 aromatic rings. The van der Waals surface area contributed by atoms with Crippen LogP contribution >= 0.6 is 22.6 Å². The average molecular weight is 436 g/mol. The fraction of sp³-hybridized carbons (Fsp3) is 0.263. The molecule has 0 aliphatic carbocycles. The summed E-state index contributed by atoms with van der Waals surface area (Å²) in [5.41, 5.74) is 2.48. The first-order valence-corrected chi connectivity index (χ1v) is 8.98. The van der Waals surface area contributed by atoms with Crippen LogP contribution in [0.5, 0.6) is 0 Å². The Kier molecular flexibility index (Phi) is 6.78. The van der Waals surface area contributed by atoms with Crippen molar-refractivity contribution in [3.63, 3.8) is 0 Å². The van der Waals surface area contributed by atoms with Crippen molar-refractivity contribution in [3.8, 4) is 0 Å². The van der Waals surface area contributed by atoms with Gasteiger partial charge in [-0.05, 0) is 58.3 Å². The lowest BCUT2D eigenvalue weighted by Crippen LogP contribution is -2.34. The molecule has 0 saturated carbocycles. The van der Waals surface area contributed by atoms with Gasteiger partial charge >= 0.3 is 0 Å². The third-order valence-electron chi connectivity index (χ3n) is 3.65. The lowest BCUT2D eigenvalue weighted by Gasteiger charge is -2.09. The summed E-state index contributed by atoms with van der Waals surface area (Å²) in [5, 5.41) is 5.63. The van der Waals surface area contributed by atoms with Crippen LogP contribution in [0.2, 0.25) is 0 Å². The van der Waals surface area contributed by atoms with Crippen molar-refractivity contribution in [3.05, 3.63) is 68.8 Å². The Morgan fingerprint density at radius 1 is 0.917 bits per heavy atom. The van der Waals surface area contributed by atoms with E-state index in [1.165, 1.54) is 5.56 Å². The van der Waals surface area contributed by atoms with E-state index >= 15 is 0 Å². The quantitative estimate of drug-likeness (QED) is 0.538. The molecule has 24 heavy (non-hydrogen) atoms. The zero-order valence-corrected chi connectivity index (χ0v) is 16.0. The van der Waals surface area contributed by atoms with E-state index in [2.05, 4.69) is 47.1 Å². The molecule has 0 bridgehead atoms. The fourth-order valence-electron chi connectivity index (χ4n) is 2.21. The smallest absolute Gasteiger partial charge is 0.252 e. The second-order valence-corrected chi connectivity index (χ2v) is 6.93. The van der Waals surface area contributed by atoms with Crippen LogP contribution in [0.15, 0.2) is 48.5 Å². The van der Waals surface area contributed by atoms with Gasteiger partial charge in [0.2, 0.25) is 0 Å². The molecule has 0 unspecified atom stereocenters. The summed E-state index contributed by atoms with van der Waals surface area (Å²) in [6.07, 6.45) is 0. The first-order valence-electron chi connectivity index (χ1n) is 7.90. The number of carbonyl (C=O) groups excluding carboxylic acids is 2. The van der Waals surface area contributed by atoms with Gasteiger partial charge in [0.15, 0.2) is 0 Å². The van der Waals surface area contributed by atoms with Crippen LogP contribution in [0.4, 0.5) is 0 Å². The van der Waals surface area contributed by atoms with Gasteiger partial charge in [0.05, 0.1) is 5.56 Å². The summed E-state index contributed by atoms with van der Waals surface area (Å²) in [7, 11) is 0.